The molecule has 2 N–H and O–H groups in total. The molecule has 5 heteroatoms. The molecule has 1 amide bonds. The van der Waals surface area contributed by atoms with Crippen LogP contribution in [-0.2, 0) is 9.59 Å². The molecular formula is C12H24N2O3. The molecule has 0 aliphatic carbocycles. The molecule has 0 aliphatic rings. The Morgan fingerprint density at radius 2 is 1.88 bits per heavy atom. The summed E-state index contributed by atoms with van der Waals surface area (Å²) in [5.74, 6) is -1.03. The highest BCUT2D eigenvalue weighted by Gasteiger charge is 2.34. The van der Waals surface area contributed by atoms with Gasteiger partial charge in [0.05, 0.1) is 6.54 Å². The van der Waals surface area contributed by atoms with Gasteiger partial charge in [-0.25, -0.2) is 0 Å². The van der Waals surface area contributed by atoms with Crippen molar-refractivity contribution in [3.63, 3.8) is 0 Å². The first-order chi connectivity index (χ1) is 7.86. The predicted molar refractivity (Wildman–Crippen MR) is 66.9 cm³/mol. The van der Waals surface area contributed by atoms with E-state index in [1.807, 2.05) is 6.92 Å². The summed E-state index contributed by atoms with van der Waals surface area (Å²) in [6.07, 6.45) is 1.97. The molecule has 0 fully saturated rings. The van der Waals surface area contributed by atoms with Crippen molar-refractivity contribution >= 4 is 11.9 Å². The predicted octanol–water partition coefficient (Wildman–Crippen LogP) is 1.09. The normalized spacial score (nSPS) is 11.6. The molecule has 0 radical (unpaired) electrons. The molecule has 0 bridgehead atoms. The number of rotatable bonds is 8. The Hall–Kier alpha value is -1.10. The Morgan fingerprint density at radius 3 is 2.29 bits per heavy atom. The smallest absolute Gasteiger partial charge is 0.323 e. The Morgan fingerprint density at radius 1 is 1.29 bits per heavy atom. The molecule has 0 aliphatic heterocycles. The number of unbranched alkanes of at least 4 members (excludes halogenated alkanes) is 1. The monoisotopic (exact) mass is 244 g/mol. The summed E-state index contributed by atoms with van der Waals surface area (Å²) in [4.78, 5) is 24.4. The summed E-state index contributed by atoms with van der Waals surface area (Å²) in [5.41, 5.74) is -1.02. The third-order valence-electron chi connectivity index (χ3n) is 2.88. The second-order valence-electron chi connectivity index (χ2n) is 4.58. The van der Waals surface area contributed by atoms with Crippen molar-refractivity contribution in [1.82, 2.24) is 10.2 Å². The molecule has 0 saturated carbocycles. The lowest BCUT2D eigenvalue weighted by atomic mass is 10.0. The minimum absolute atomic E-state index is 0.116. The molecule has 0 aromatic rings. The summed E-state index contributed by atoms with van der Waals surface area (Å²) in [6.45, 7) is 8.43. The van der Waals surface area contributed by atoms with Crippen LogP contribution in [0.5, 0.6) is 0 Å². The van der Waals surface area contributed by atoms with E-state index in [4.69, 9.17) is 5.11 Å². The first-order valence-corrected chi connectivity index (χ1v) is 6.11. The van der Waals surface area contributed by atoms with E-state index >= 15 is 0 Å². The van der Waals surface area contributed by atoms with Crippen LogP contribution in [0.3, 0.4) is 0 Å². The van der Waals surface area contributed by atoms with E-state index < -0.39 is 11.5 Å². The van der Waals surface area contributed by atoms with Crippen molar-refractivity contribution in [2.45, 2.75) is 46.1 Å². The van der Waals surface area contributed by atoms with Gasteiger partial charge in [0.25, 0.3) is 0 Å². The first-order valence-electron chi connectivity index (χ1n) is 6.11. The number of nitrogens with zero attached hydrogens (tertiary/aromatic N) is 1. The van der Waals surface area contributed by atoms with Gasteiger partial charge in [0.15, 0.2) is 0 Å². The van der Waals surface area contributed by atoms with Gasteiger partial charge in [0, 0.05) is 6.54 Å². The van der Waals surface area contributed by atoms with Gasteiger partial charge >= 0.3 is 5.97 Å². The van der Waals surface area contributed by atoms with E-state index in [0.29, 0.717) is 13.1 Å². The zero-order chi connectivity index (χ0) is 13.5. The van der Waals surface area contributed by atoms with Crippen LogP contribution in [-0.4, -0.2) is 47.1 Å². The quantitative estimate of drug-likeness (QED) is 0.627. The number of nitrogens with one attached hydrogen (secondary N) is 1. The SMILES string of the molecule is CCCCNC(=O)CN(CC)C(C)(C)C(=O)O. The number of amides is 1. The van der Waals surface area contributed by atoms with Gasteiger partial charge < -0.3 is 10.4 Å². The average molecular weight is 244 g/mol. The standard InChI is InChI=1S/C12H24N2O3/c1-5-7-8-13-10(15)9-14(6-2)12(3,4)11(16)17/h5-9H2,1-4H3,(H,13,15)(H,16,17). The van der Waals surface area contributed by atoms with Crippen LogP contribution in [0.1, 0.15) is 40.5 Å². The van der Waals surface area contributed by atoms with Crippen LogP contribution in [0, 0.1) is 0 Å². The molecule has 0 aromatic carbocycles. The summed E-state index contributed by atoms with van der Waals surface area (Å²) < 4.78 is 0. The average Bonchev–Trinajstić information content (AvgIpc) is 2.25. The fraction of sp³-hybridized carbons (Fsp3) is 0.833. The molecule has 0 spiro atoms. The van der Waals surface area contributed by atoms with Crippen LogP contribution in [0.4, 0.5) is 0 Å². The van der Waals surface area contributed by atoms with Crippen molar-refractivity contribution in [3.05, 3.63) is 0 Å². The molecule has 100 valence electrons. The van der Waals surface area contributed by atoms with Gasteiger partial charge in [0.2, 0.25) is 5.91 Å². The van der Waals surface area contributed by atoms with Crippen LogP contribution in [0.25, 0.3) is 0 Å². The number of hydrogen-bond acceptors (Lipinski definition) is 3. The number of carbonyl (C=O) groups excluding carboxylic acids is 1. The van der Waals surface area contributed by atoms with Crippen molar-refractivity contribution in [3.8, 4) is 0 Å². The third-order valence-corrected chi connectivity index (χ3v) is 2.88. The van der Waals surface area contributed by atoms with Crippen molar-refractivity contribution in [1.29, 1.82) is 0 Å². The summed E-state index contributed by atoms with van der Waals surface area (Å²) in [7, 11) is 0. The van der Waals surface area contributed by atoms with E-state index in [2.05, 4.69) is 12.2 Å². The minimum Gasteiger partial charge on any atom is -0.480 e. The molecule has 0 rings (SSSR count). The van der Waals surface area contributed by atoms with Crippen LogP contribution >= 0.6 is 0 Å². The highest BCUT2D eigenvalue weighted by atomic mass is 16.4. The number of carbonyl (C=O) groups is 2. The van der Waals surface area contributed by atoms with Gasteiger partial charge in [-0.2, -0.15) is 0 Å². The van der Waals surface area contributed by atoms with Gasteiger partial charge in [-0.05, 0) is 26.8 Å². The second kappa shape index (κ2) is 7.27. The first kappa shape index (κ1) is 15.9. The number of likely N-dealkylation sites (N-methyl/N-ethyl adjacent to an activating group) is 1. The van der Waals surface area contributed by atoms with Crippen molar-refractivity contribution in [2.75, 3.05) is 19.6 Å². The van der Waals surface area contributed by atoms with Crippen LogP contribution in [0.2, 0.25) is 0 Å². The molecule has 0 unspecified atom stereocenters. The van der Waals surface area contributed by atoms with E-state index in [-0.39, 0.29) is 12.5 Å². The Bertz CT molecular complexity index is 264. The minimum atomic E-state index is -1.02. The second-order valence-corrected chi connectivity index (χ2v) is 4.58. The molecule has 17 heavy (non-hydrogen) atoms. The van der Waals surface area contributed by atoms with Gasteiger partial charge in [-0.3, -0.25) is 14.5 Å². The highest BCUT2D eigenvalue weighted by Crippen LogP contribution is 2.13. The van der Waals surface area contributed by atoms with E-state index in [0.717, 1.165) is 12.8 Å². The summed E-state index contributed by atoms with van der Waals surface area (Å²) in [5, 5.41) is 11.9. The van der Waals surface area contributed by atoms with Crippen molar-refractivity contribution < 1.29 is 14.7 Å². The fourth-order valence-electron chi connectivity index (χ4n) is 1.47. The number of carboxylic acids is 1. The van der Waals surface area contributed by atoms with Gasteiger partial charge in [-0.15, -0.1) is 0 Å². The maximum absolute atomic E-state index is 11.6. The lowest BCUT2D eigenvalue weighted by Crippen LogP contribution is -2.53. The lowest BCUT2D eigenvalue weighted by Gasteiger charge is -2.33. The summed E-state index contributed by atoms with van der Waals surface area (Å²) in [6, 6.07) is 0. The fourth-order valence-corrected chi connectivity index (χ4v) is 1.47. The Kier molecular flexibility index (Phi) is 6.80. The van der Waals surface area contributed by atoms with Crippen LogP contribution in [0.15, 0.2) is 0 Å². The third kappa shape index (κ3) is 5.17. The summed E-state index contributed by atoms with van der Waals surface area (Å²) >= 11 is 0. The van der Waals surface area contributed by atoms with Gasteiger partial charge in [0.1, 0.15) is 5.54 Å². The maximum Gasteiger partial charge on any atom is 0.323 e. The highest BCUT2D eigenvalue weighted by molar-refractivity contribution is 5.81. The molecule has 0 atom stereocenters. The zero-order valence-electron chi connectivity index (χ0n) is 11.2. The van der Waals surface area contributed by atoms with Crippen molar-refractivity contribution in [2.24, 2.45) is 0 Å². The maximum atomic E-state index is 11.6. The van der Waals surface area contributed by atoms with Crippen LogP contribution < -0.4 is 5.32 Å². The van der Waals surface area contributed by atoms with E-state index in [1.54, 1.807) is 18.7 Å². The van der Waals surface area contributed by atoms with Gasteiger partial charge in [-0.1, -0.05) is 20.3 Å². The van der Waals surface area contributed by atoms with E-state index in [1.165, 1.54) is 0 Å². The number of hydrogen-bond donors (Lipinski definition) is 2. The topological polar surface area (TPSA) is 69.6 Å². The zero-order valence-corrected chi connectivity index (χ0v) is 11.2. The molecule has 5 nitrogen and oxygen atoms in total. The molecule has 0 aromatic heterocycles. The molecule has 0 heterocycles. The molecule has 0 saturated heterocycles. The largest absolute Gasteiger partial charge is 0.480 e. The Balaban J connectivity index is 4.31. The number of carboxylic acid groups (broad SMARTS) is 1. The number of aliphatic carboxylic acids is 1. The van der Waals surface area contributed by atoms with E-state index in [9.17, 15) is 9.59 Å². The molecular weight excluding hydrogens is 220 g/mol. The Labute approximate surface area is 103 Å². The lowest BCUT2D eigenvalue weighted by molar-refractivity contribution is -0.150.